The highest BCUT2D eigenvalue weighted by Gasteiger charge is 2.18. The van der Waals surface area contributed by atoms with Crippen LogP contribution >= 0.6 is 15.9 Å². The molecule has 0 aliphatic rings. The smallest absolute Gasteiger partial charge is 0.232 e. The Morgan fingerprint density at radius 2 is 1.86 bits per heavy atom. The zero-order valence-electron chi connectivity index (χ0n) is 16.9. The summed E-state index contributed by atoms with van der Waals surface area (Å²) < 4.78 is 32.2. The molecule has 8 heteroatoms. The molecule has 0 fully saturated rings. The van der Waals surface area contributed by atoms with Crippen molar-refractivity contribution in [2.45, 2.75) is 26.7 Å². The Hall–Kier alpha value is -2.06. The predicted octanol–water partition coefficient (Wildman–Crippen LogP) is 3.81. The first-order chi connectivity index (χ1) is 13.7. The highest BCUT2D eigenvalue weighted by atomic mass is 79.9. The first-order valence-electron chi connectivity index (χ1n) is 9.37. The van der Waals surface area contributed by atoms with Gasteiger partial charge in [0.15, 0.2) is 0 Å². The van der Waals surface area contributed by atoms with Gasteiger partial charge in [0.05, 0.1) is 18.5 Å². The number of anilines is 1. The molecule has 0 atom stereocenters. The molecule has 1 amide bonds. The van der Waals surface area contributed by atoms with Crippen molar-refractivity contribution in [1.82, 2.24) is 5.32 Å². The van der Waals surface area contributed by atoms with Crippen LogP contribution in [0.5, 0.6) is 5.75 Å². The SMILES string of the molecule is Cc1cc(N(CCCC(=O)NCCOc2ccccc2C)S(C)(=O)=O)ccc1Br. The second-order valence-electron chi connectivity index (χ2n) is 6.84. The average molecular weight is 483 g/mol. The van der Waals surface area contributed by atoms with Gasteiger partial charge in [0.1, 0.15) is 12.4 Å². The molecule has 0 radical (unpaired) electrons. The minimum absolute atomic E-state index is 0.126. The number of benzene rings is 2. The fourth-order valence-corrected chi connectivity index (χ4v) is 4.02. The lowest BCUT2D eigenvalue weighted by atomic mass is 10.2. The van der Waals surface area contributed by atoms with Gasteiger partial charge in [-0.1, -0.05) is 34.1 Å². The Labute approximate surface area is 181 Å². The van der Waals surface area contributed by atoms with E-state index in [2.05, 4.69) is 21.2 Å². The minimum Gasteiger partial charge on any atom is -0.491 e. The molecule has 0 spiro atoms. The van der Waals surface area contributed by atoms with Gasteiger partial charge >= 0.3 is 0 Å². The van der Waals surface area contributed by atoms with Gasteiger partial charge in [0.2, 0.25) is 15.9 Å². The van der Waals surface area contributed by atoms with Crippen molar-refractivity contribution in [3.63, 3.8) is 0 Å². The molecule has 0 saturated carbocycles. The van der Waals surface area contributed by atoms with Crippen molar-refractivity contribution in [1.29, 1.82) is 0 Å². The number of carbonyl (C=O) groups is 1. The van der Waals surface area contributed by atoms with E-state index in [1.807, 2.05) is 50.2 Å². The Kier molecular flexibility index (Phi) is 8.52. The second-order valence-corrected chi connectivity index (χ2v) is 9.60. The quantitative estimate of drug-likeness (QED) is 0.522. The maximum Gasteiger partial charge on any atom is 0.232 e. The van der Waals surface area contributed by atoms with Crippen molar-refractivity contribution in [2.24, 2.45) is 0 Å². The van der Waals surface area contributed by atoms with Crippen molar-refractivity contribution < 1.29 is 17.9 Å². The number of halogens is 1. The standard InChI is InChI=1S/C21H27BrN2O4S/c1-16-7-4-5-8-20(16)28-14-12-23-21(25)9-6-13-24(29(3,26)27)18-10-11-19(22)17(2)15-18/h4-5,7-8,10-11,15H,6,9,12-14H2,1-3H3,(H,23,25). The van der Waals surface area contributed by atoms with Gasteiger partial charge in [-0.05, 0) is 55.7 Å². The van der Waals surface area contributed by atoms with Gasteiger partial charge in [0.25, 0.3) is 0 Å². The number of hydrogen-bond donors (Lipinski definition) is 1. The van der Waals surface area contributed by atoms with Crippen molar-refractivity contribution in [3.8, 4) is 5.75 Å². The zero-order valence-corrected chi connectivity index (χ0v) is 19.3. The maximum absolute atomic E-state index is 12.2. The van der Waals surface area contributed by atoms with Crippen LogP contribution in [0.15, 0.2) is 46.9 Å². The summed E-state index contributed by atoms with van der Waals surface area (Å²) in [6.07, 6.45) is 1.84. The summed E-state index contributed by atoms with van der Waals surface area (Å²) in [5, 5.41) is 2.80. The van der Waals surface area contributed by atoms with E-state index < -0.39 is 10.0 Å². The first-order valence-corrected chi connectivity index (χ1v) is 12.0. The molecular formula is C21H27BrN2O4S. The summed E-state index contributed by atoms with van der Waals surface area (Å²) in [6, 6.07) is 13.1. The number of ether oxygens (including phenoxy) is 1. The fraction of sp³-hybridized carbons (Fsp3) is 0.381. The molecule has 0 heterocycles. The number of hydrogen-bond acceptors (Lipinski definition) is 4. The molecule has 158 valence electrons. The van der Waals surface area contributed by atoms with Crippen LogP contribution in [0, 0.1) is 13.8 Å². The number of nitrogens with zero attached hydrogens (tertiary/aromatic N) is 1. The van der Waals surface area contributed by atoms with E-state index in [0.717, 1.165) is 21.3 Å². The number of carbonyl (C=O) groups excluding carboxylic acids is 1. The fourth-order valence-electron chi connectivity index (χ4n) is 2.81. The topological polar surface area (TPSA) is 75.7 Å². The van der Waals surface area contributed by atoms with Crippen molar-refractivity contribution in [3.05, 3.63) is 58.1 Å². The van der Waals surface area contributed by atoms with E-state index >= 15 is 0 Å². The summed E-state index contributed by atoms with van der Waals surface area (Å²) in [4.78, 5) is 12.0. The van der Waals surface area contributed by atoms with Gasteiger partial charge in [-0.2, -0.15) is 0 Å². The molecule has 29 heavy (non-hydrogen) atoms. The van der Waals surface area contributed by atoms with Crippen molar-refractivity contribution in [2.75, 3.05) is 30.3 Å². The molecule has 6 nitrogen and oxygen atoms in total. The Balaban J connectivity index is 1.79. The number of aryl methyl sites for hydroxylation is 2. The predicted molar refractivity (Wildman–Crippen MR) is 120 cm³/mol. The van der Waals surface area contributed by atoms with Crippen LogP contribution in [0.1, 0.15) is 24.0 Å². The van der Waals surface area contributed by atoms with E-state index in [4.69, 9.17) is 4.74 Å². The van der Waals surface area contributed by atoms with Crippen LogP contribution in [0.4, 0.5) is 5.69 Å². The van der Waals surface area contributed by atoms with Crippen molar-refractivity contribution >= 4 is 37.5 Å². The molecule has 2 aromatic carbocycles. The number of nitrogens with one attached hydrogen (secondary N) is 1. The van der Waals surface area contributed by atoms with E-state index in [9.17, 15) is 13.2 Å². The van der Waals surface area contributed by atoms with E-state index in [0.29, 0.717) is 25.3 Å². The highest BCUT2D eigenvalue weighted by Crippen LogP contribution is 2.25. The molecule has 1 N–H and O–H groups in total. The molecule has 0 bridgehead atoms. The molecule has 0 saturated heterocycles. The molecular weight excluding hydrogens is 456 g/mol. The number of amides is 1. The van der Waals surface area contributed by atoms with Gasteiger partial charge in [-0.3, -0.25) is 9.10 Å². The monoisotopic (exact) mass is 482 g/mol. The van der Waals surface area contributed by atoms with Crippen LogP contribution in [-0.4, -0.2) is 40.3 Å². The van der Waals surface area contributed by atoms with Gasteiger partial charge < -0.3 is 10.1 Å². The van der Waals surface area contributed by atoms with E-state index in [1.54, 1.807) is 6.07 Å². The Morgan fingerprint density at radius 3 is 2.52 bits per heavy atom. The normalized spacial score (nSPS) is 11.2. The number of rotatable bonds is 10. The lowest BCUT2D eigenvalue weighted by Gasteiger charge is -2.23. The van der Waals surface area contributed by atoms with Crippen LogP contribution in [0.2, 0.25) is 0 Å². The van der Waals surface area contributed by atoms with Crippen LogP contribution in [0.25, 0.3) is 0 Å². The maximum atomic E-state index is 12.2. The molecule has 0 aliphatic carbocycles. The third kappa shape index (κ3) is 7.36. The average Bonchev–Trinajstić information content (AvgIpc) is 2.65. The lowest BCUT2D eigenvalue weighted by molar-refractivity contribution is -0.121. The summed E-state index contributed by atoms with van der Waals surface area (Å²) in [5.41, 5.74) is 2.59. The largest absolute Gasteiger partial charge is 0.491 e. The molecule has 0 unspecified atom stereocenters. The molecule has 2 rings (SSSR count). The molecule has 0 aliphatic heterocycles. The zero-order chi connectivity index (χ0) is 21.4. The van der Waals surface area contributed by atoms with Crippen LogP contribution in [-0.2, 0) is 14.8 Å². The third-order valence-corrected chi connectivity index (χ3v) is 6.45. The number of sulfonamides is 1. The van der Waals surface area contributed by atoms with Gasteiger partial charge in [-0.25, -0.2) is 8.42 Å². The van der Waals surface area contributed by atoms with Gasteiger partial charge in [0, 0.05) is 17.4 Å². The lowest BCUT2D eigenvalue weighted by Crippen LogP contribution is -2.33. The Morgan fingerprint density at radius 1 is 1.14 bits per heavy atom. The summed E-state index contributed by atoms with van der Waals surface area (Å²) >= 11 is 3.42. The summed E-state index contributed by atoms with van der Waals surface area (Å²) in [6.45, 7) is 4.89. The second kappa shape index (κ2) is 10.6. The van der Waals surface area contributed by atoms with E-state index in [1.165, 1.54) is 10.6 Å². The van der Waals surface area contributed by atoms with Crippen LogP contribution < -0.4 is 14.4 Å². The Bertz CT molecular complexity index is 947. The van der Waals surface area contributed by atoms with Gasteiger partial charge in [-0.15, -0.1) is 0 Å². The number of para-hydroxylation sites is 1. The van der Waals surface area contributed by atoms with E-state index in [-0.39, 0.29) is 18.9 Å². The first kappa shape index (κ1) is 23.2. The summed E-state index contributed by atoms with van der Waals surface area (Å²) in [5.74, 6) is 0.675. The minimum atomic E-state index is -3.43. The summed E-state index contributed by atoms with van der Waals surface area (Å²) in [7, 11) is -3.43. The molecule has 0 aromatic heterocycles. The molecule has 2 aromatic rings. The highest BCUT2D eigenvalue weighted by molar-refractivity contribution is 9.10. The van der Waals surface area contributed by atoms with Crippen LogP contribution in [0.3, 0.4) is 0 Å². The third-order valence-electron chi connectivity index (χ3n) is 4.37.